The van der Waals surface area contributed by atoms with Crippen LogP contribution in [0.2, 0.25) is 8.87 Å². The van der Waals surface area contributed by atoms with Gasteiger partial charge in [0.1, 0.15) is 0 Å². The molecule has 1 saturated heterocycles. The average Bonchev–Trinajstić information content (AvgIpc) is 3.41. The fourth-order valence-corrected chi connectivity index (χ4v) is 17.7. The van der Waals surface area contributed by atoms with Crippen LogP contribution in [0.25, 0.3) is 0 Å². The predicted molar refractivity (Wildman–Crippen MR) is 166 cm³/mol. The van der Waals surface area contributed by atoms with Crippen LogP contribution >= 0.6 is 0 Å². The Kier molecular flexibility index (Phi) is 11.9. The van der Waals surface area contributed by atoms with Gasteiger partial charge in [0.05, 0.1) is 0 Å². The van der Waals surface area contributed by atoms with Gasteiger partial charge in [0.25, 0.3) is 0 Å². The van der Waals surface area contributed by atoms with Gasteiger partial charge in [-0.2, -0.15) is 0 Å². The molecule has 1 saturated carbocycles. The van der Waals surface area contributed by atoms with Crippen LogP contribution in [-0.2, 0) is 40.2 Å². The van der Waals surface area contributed by atoms with Crippen molar-refractivity contribution in [3.8, 4) is 0 Å². The molecule has 0 aromatic heterocycles. The Morgan fingerprint density at radius 2 is 0.952 bits per heavy atom. The summed E-state index contributed by atoms with van der Waals surface area (Å²) >= 11 is -3.52. The van der Waals surface area contributed by atoms with E-state index in [0.717, 1.165) is 51.2 Å². The number of unbranched alkanes of at least 4 members (excludes halogenated alkanes) is 2. The summed E-state index contributed by atoms with van der Waals surface area (Å²) in [5.74, 6) is 0. The number of rotatable bonds is 15. The van der Waals surface area contributed by atoms with E-state index in [1.165, 1.54) is 0 Å². The van der Waals surface area contributed by atoms with E-state index in [1.54, 1.807) is 0 Å². The van der Waals surface area contributed by atoms with Crippen molar-refractivity contribution in [2.45, 2.75) is 105 Å². The van der Waals surface area contributed by atoms with Crippen molar-refractivity contribution in [1.29, 1.82) is 0 Å². The van der Waals surface area contributed by atoms with Crippen LogP contribution in [0.5, 0.6) is 0 Å². The second-order valence-electron chi connectivity index (χ2n) is 11.6. The van der Waals surface area contributed by atoms with Gasteiger partial charge in [0.2, 0.25) is 0 Å². The first-order valence-electron chi connectivity index (χ1n) is 15.6. The fourth-order valence-electron chi connectivity index (χ4n) is 6.06. The van der Waals surface area contributed by atoms with Crippen molar-refractivity contribution in [2.75, 3.05) is 0 Å². The molecule has 0 unspecified atom stereocenters. The van der Waals surface area contributed by atoms with E-state index in [0.29, 0.717) is 19.8 Å². The van der Waals surface area contributed by atoms with Crippen molar-refractivity contribution in [3.05, 3.63) is 108 Å². The van der Waals surface area contributed by atoms with Crippen molar-refractivity contribution in [1.82, 2.24) is 0 Å². The first-order valence-corrected chi connectivity index (χ1v) is 22.0. The van der Waals surface area contributed by atoms with Crippen LogP contribution in [0.15, 0.2) is 91.0 Å². The average molecular weight is 681 g/mol. The summed E-state index contributed by atoms with van der Waals surface area (Å²) in [6.07, 6.45) is 0.943. The Bertz CT molecular complexity index is 1170. The van der Waals surface area contributed by atoms with E-state index in [2.05, 4.69) is 26.0 Å². The van der Waals surface area contributed by atoms with Gasteiger partial charge in [0, 0.05) is 0 Å². The van der Waals surface area contributed by atoms with Crippen LogP contribution in [0, 0.1) is 0 Å². The first-order chi connectivity index (χ1) is 20.6. The number of hydrogen-bond acceptors (Lipinski definition) is 6. The second-order valence-corrected chi connectivity index (χ2v) is 21.0. The molecule has 2 fully saturated rings. The molecule has 1 aliphatic heterocycles. The third-order valence-electron chi connectivity index (χ3n) is 8.35. The molecule has 1 aliphatic carbocycles. The standard InChI is InChI=1S/C27H28O6.2C4H9.Sn/c28-22-23(29)26(32-17-20-12-6-2-7-13-20)27(33-18-21-14-8-3-9-15-21)24(30)25(22)31-16-19-10-4-1-5-11-19;2*1-3-4-2;/h1-15,22-27,30H,16-18H2;2*1,3-4H2,2H3;/q-2;;;+2/t22-,23-,24+,25+,26+,27+;;;/m1.../s1. The molecule has 3 aromatic carbocycles. The normalized spacial score (nSPS) is 26.6. The Morgan fingerprint density at radius 3 is 1.38 bits per heavy atom. The van der Waals surface area contributed by atoms with Crippen LogP contribution in [0.1, 0.15) is 56.2 Å². The number of aliphatic hydroxyl groups is 1. The minimum absolute atomic E-state index is 0.358. The number of ether oxygens (including phenoxy) is 3. The fraction of sp³-hybridized carbons (Fsp3) is 0.486. The van der Waals surface area contributed by atoms with Crippen molar-refractivity contribution in [3.63, 3.8) is 0 Å². The molecular formula is C35H46O6Sn. The van der Waals surface area contributed by atoms with E-state index in [1.807, 2.05) is 78.9 Å². The van der Waals surface area contributed by atoms with E-state index in [-0.39, 0.29) is 6.10 Å². The molecule has 1 N–H and O–H groups in total. The van der Waals surface area contributed by atoms with Crippen molar-refractivity contribution >= 4 is 19.2 Å². The van der Waals surface area contributed by atoms with Crippen molar-refractivity contribution in [2.24, 2.45) is 0 Å². The third kappa shape index (κ3) is 8.03. The van der Waals surface area contributed by atoms with Gasteiger partial charge >= 0.3 is 257 Å². The van der Waals surface area contributed by atoms with Crippen LogP contribution < -0.4 is 0 Å². The third-order valence-corrected chi connectivity index (χ3v) is 18.7. The summed E-state index contributed by atoms with van der Waals surface area (Å²) in [7, 11) is 0. The summed E-state index contributed by atoms with van der Waals surface area (Å²) in [5.41, 5.74) is 3.16. The van der Waals surface area contributed by atoms with Gasteiger partial charge < -0.3 is 0 Å². The molecule has 42 heavy (non-hydrogen) atoms. The summed E-state index contributed by atoms with van der Waals surface area (Å²) in [5, 5.41) is 12.0. The topological polar surface area (TPSA) is 66.4 Å². The number of benzene rings is 3. The van der Waals surface area contributed by atoms with Gasteiger partial charge in [-0.25, -0.2) is 0 Å². The van der Waals surface area contributed by atoms with Crippen molar-refractivity contribution < 1.29 is 25.5 Å². The molecule has 6 atom stereocenters. The monoisotopic (exact) mass is 682 g/mol. The molecule has 0 bridgehead atoms. The second kappa shape index (κ2) is 15.8. The molecule has 226 valence electrons. The van der Waals surface area contributed by atoms with Gasteiger partial charge in [-0.05, 0) is 0 Å². The molecule has 0 spiro atoms. The van der Waals surface area contributed by atoms with Gasteiger partial charge in [-0.15, -0.1) is 0 Å². The zero-order valence-corrected chi connectivity index (χ0v) is 27.8. The molecule has 3 aromatic rings. The first kappa shape index (κ1) is 31.6. The summed E-state index contributed by atoms with van der Waals surface area (Å²) in [6.45, 7) is 5.57. The Morgan fingerprint density at radius 1 is 0.571 bits per heavy atom. The summed E-state index contributed by atoms with van der Waals surface area (Å²) < 4.78 is 36.0. The molecular weight excluding hydrogens is 635 g/mol. The van der Waals surface area contributed by atoms with E-state index < -0.39 is 49.7 Å². The summed E-state index contributed by atoms with van der Waals surface area (Å²) in [4.78, 5) is 0. The van der Waals surface area contributed by atoms with Crippen LogP contribution in [0.4, 0.5) is 0 Å². The Labute approximate surface area is 256 Å². The maximum absolute atomic E-state index is 12.0. The molecule has 6 nitrogen and oxygen atoms in total. The number of hydrogen-bond donors (Lipinski definition) is 1. The molecule has 7 heteroatoms. The van der Waals surface area contributed by atoms with Gasteiger partial charge in [0.15, 0.2) is 0 Å². The van der Waals surface area contributed by atoms with E-state index >= 15 is 0 Å². The van der Waals surface area contributed by atoms with E-state index in [9.17, 15) is 5.11 Å². The van der Waals surface area contributed by atoms with Crippen LogP contribution in [0.3, 0.4) is 0 Å². The maximum atomic E-state index is 12.0. The SMILES string of the molecule is CCC[CH2][Sn]1([CH2]CCC)[O][C@@H]2[C@@H]([O]1)[C@H](OCc1ccccc1)[C@H](O)[C@H](OCc1ccccc1)[C@H]2OCc1ccccc1. The molecule has 0 radical (unpaired) electrons. The Balaban J connectivity index is 1.46. The number of aliphatic hydroxyl groups excluding tert-OH is 1. The summed E-state index contributed by atoms with van der Waals surface area (Å²) in [6, 6.07) is 30.3. The molecule has 2 aliphatic rings. The van der Waals surface area contributed by atoms with Gasteiger partial charge in [-0.3, -0.25) is 0 Å². The van der Waals surface area contributed by atoms with Gasteiger partial charge in [-0.1, -0.05) is 0 Å². The molecule has 1 heterocycles. The molecule has 0 amide bonds. The predicted octanol–water partition coefficient (Wildman–Crippen LogP) is 6.94. The zero-order valence-electron chi connectivity index (χ0n) is 25.0. The Hall–Kier alpha value is -1.78. The van der Waals surface area contributed by atoms with Crippen LogP contribution in [-0.4, -0.2) is 60.9 Å². The quantitative estimate of drug-likeness (QED) is 0.176. The van der Waals surface area contributed by atoms with E-state index in [4.69, 9.17) is 20.4 Å². The molecule has 5 rings (SSSR count). The number of fused-ring (bicyclic) bond motifs is 1. The minimum atomic E-state index is -3.52. The zero-order chi connectivity index (χ0) is 29.2.